The number of quaternary nitrogens is 1. The molecule has 0 heterocycles. The van der Waals surface area contributed by atoms with E-state index in [1.54, 1.807) is 0 Å². The van der Waals surface area contributed by atoms with E-state index in [1.165, 1.54) is 257 Å². The first-order valence-electron chi connectivity index (χ1n) is 31.4. The third-order valence-electron chi connectivity index (χ3n) is 14.3. The summed E-state index contributed by atoms with van der Waals surface area (Å²) in [6.45, 7) is 4.29. The van der Waals surface area contributed by atoms with E-state index in [2.05, 4.69) is 26.0 Å². The van der Waals surface area contributed by atoms with Gasteiger partial charge in [-0.15, -0.1) is 0 Å². The lowest BCUT2D eigenvalue weighted by molar-refractivity contribution is -0.870. The monoisotopic (exact) mass is 1040 g/mol. The van der Waals surface area contributed by atoms with Gasteiger partial charge in [0.2, 0.25) is 0 Å². The van der Waals surface area contributed by atoms with Gasteiger partial charge in [-0.05, 0) is 38.5 Å². The van der Waals surface area contributed by atoms with Gasteiger partial charge < -0.3 is 27.9 Å². The van der Waals surface area contributed by atoms with E-state index in [0.717, 1.165) is 32.1 Å². The lowest BCUT2D eigenvalue weighted by Gasteiger charge is -2.28. The zero-order valence-corrected chi connectivity index (χ0v) is 49.6. The van der Waals surface area contributed by atoms with Gasteiger partial charge in [0.05, 0.1) is 27.7 Å². The number of ether oxygens (including phenoxy) is 2. The van der Waals surface area contributed by atoms with Crippen molar-refractivity contribution in [1.29, 1.82) is 0 Å². The number of likely N-dealkylation sites (N-methyl/N-ethyl adjacent to an activating group) is 1. The summed E-state index contributed by atoms with van der Waals surface area (Å²) in [5.41, 5.74) is 0. The number of phosphoric ester groups is 1. The third kappa shape index (κ3) is 58.0. The molecule has 0 spiro atoms. The number of rotatable bonds is 59. The van der Waals surface area contributed by atoms with E-state index >= 15 is 0 Å². The molecule has 0 aromatic carbocycles. The van der Waals surface area contributed by atoms with Crippen molar-refractivity contribution in [3.8, 4) is 0 Å². The number of carbonyl (C=O) groups excluding carboxylic acids is 2. The van der Waals surface area contributed by atoms with Crippen molar-refractivity contribution in [2.75, 3.05) is 47.5 Å². The standard InChI is InChI=1S/C62H122NO8P/c1-6-8-10-12-14-16-18-20-21-22-23-24-25-26-27-28-29-30-31-32-33-34-35-36-37-38-39-40-41-43-45-47-49-51-53-55-62(65)71-60(59-70-72(66,67)69-57-56-63(3,4)5)58-68-61(64)54-52-50-48-46-44-42-19-17-15-13-11-9-7-2/h22-23,60H,6-21,24-59H2,1-5H3/b23-22-. The second-order valence-electron chi connectivity index (χ2n) is 22.8. The average Bonchev–Trinajstić information content (AvgIpc) is 3.34. The molecule has 0 aromatic heterocycles. The van der Waals surface area contributed by atoms with Crippen LogP contribution < -0.4 is 4.89 Å². The highest BCUT2D eigenvalue weighted by Crippen LogP contribution is 2.38. The van der Waals surface area contributed by atoms with Crippen LogP contribution in [0.4, 0.5) is 0 Å². The van der Waals surface area contributed by atoms with Gasteiger partial charge in [0.1, 0.15) is 19.8 Å². The van der Waals surface area contributed by atoms with Crippen LogP contribution in [0.5, 0.6) is 0 Å². The minimum atomic E-state index is -4.63. The molecule has 0 amide bonds. The molecule has 0 rings (SSSR count). The normalized spacial score (nSPS) is 13.2. The fourth-order valence-corrected chi connectivity index (χ4v) is 10.1. The van der Waals surface area contributed by atoms with Crippen molar-refractivity contribution in [2.24, 2.45) is 0 Å². The molecular weight excluding hydrogens is 918 g/mol. The van der Waals surface area contributed by atoms with Crippen molar-refractivity contribution in [2.45, 2.75) is 328 Å². The molecule has 0 bridgehead atoms. The van der Waals surface area contributed by atoms with Crippen LogP contribution in [0.25, 0.3) is 0 Å². The molecule has 10 heteroatoms. The van der Waals surface area contributed by atoms with E-state index in [1.807, 2.05) is 21.1 Å². The Morgan fingerprint density at radius 1 is 0.417 bits per heavy atom. The summed E-state index contributed by atoms with van der Waals surface area (Å²) < 4.78 is 34.1. The quantitative estimate of drug-likeness (QED) is 0.0195. The average molecular weight is 1040 g/mol. The van der Waals surface area contributed by atoms with Gasteiger partial charge >= 0.3 is 11.9 Å². The topological polar surface area (TPSA) is 111 Å². The molecular formula is C62H122NO8P. The molecule has 2 atom stereocenters. The van der Waals surface area contributed by atoms with Gasteiger partial charge in [0, 0.05) is 12.8 Å². The number of allylic oxidation sites excluding steroid dienone is 2. The maximum absolute atomic E-state index is 12.8. The van der Waals surface area contributed by atoms with E-state index in [9.17, 15) is 19.0 Å². The van der Waals surface area contributed by atoms with Gasteiger partial charge in [-0.1, -0.05) is 283 Å². The van der Waals surface area contributed by atoms with Crippen LogP contribution in [0.3, 0.4) is 0 Å². The van der Waals surface area contributed by atoms with Gasteiger partial charge in [-0.25, -0.2) is 0 Å². The molecule has 0 aliphatic rings. The second-order valence-corrected chi connectivity index (χ2v) is 24.2. The van der Waals surface area contributed by atoms with Crippen LogP contribution in [-0.2, 0) is 32.7 Å². The Kier molecular flexibility index (Phi) is 53.6. The van der Waals surface area contributed by atoms with Crippen molar-refractivity contribution < 1.29 is 42.1 Å². The van der Waals surface area contributed by atoms with E-state index < -0.39 is 26.5 Å². The largest absolute Gasteiger partial charge is 0.756 e. The first kappa shape index (κ1) is 70.8. The van der Waals surface area contributed by atoms with Gasteiger partial charge in [-0.3, -0.25) is 14.2 Å². The number of esters is 2. The summed E-state index contributed by atoms with van der Waals surface area (Å²) in [5, 5.41) is 0. The molecule has 428 valence electrons. The predicted molar refractivity (Wildman–Crippen MR) is 305 cm³/mol. The lowest BCUT2D eigenvalue weighted by atomic mass is 10.0. The Balaban J connectivity index is 3.90. The highest BCUT2D eigenvalue weighted by atomic mass is 31.2. The molecule has 0 aromatic rings. The number of nitrogens with zero attached hydrogens (tertiary/aromatic N) is 1. The summed E-state index contributed by atoms with van der Waals surface area (Å²) in [7, 11) is 1.19. The van der Waals surface area contributed by atoms with Crippen LogP contribution in [0, 0.1) is 0 Å². The Hall–Kier alpha value is -1.25. The zero-order valence-electron chi connectivity index (χ0n) is 48.7. The smallest absolute Gasteiger partial charge is 0.306 e. The Morgan fingerprint density at radius 3 is 1.03 bits per heavy atom. The molecule has 2 unspecified atom stereocenters. The molecule has 0 fully saturated rings. The molecule has 72 heavy (non-hydrogen) atoms. The fraction of sp³-hybridized carbons (Fsp3) is 0.935. The van der Waals surface area contributed by atoms with Crippen molar-refractivity contribution >= 4 is 19.8 Å². The van der Waals surface area contributed by atoms with Crippen LogP contribution in [0.2, 0.25) is 0 Å². The number of hydrogen-bond acceptors (Lipinski definition) is 8. The van der Waals surface area contributed by atoms with Gasteiger partial charge in [0.15, 0.2) is 6.10 Å². The SMILES string of the molecule is CCCCCCCCCC/C=C\CCCCCCCCCCCCCCCCCCCCCCCCCC(=O)OC(COC(=O)CCCCCCCCCCCCCCC)COP(=O)([O-])OCC[N+](C)(C)C. The Morgan fingerprint density at radius 2 is 0.708 bits per heavy atom. The van der Waals surface area contributed by atoms with E-state index in [4.69, 9.17) is 18.5 Å². The van der Waals surface area contributed by atoms with Gasteiger partial charge in [0.25, 0.3) is 7.82 Å². The number of hydrogen-bond donors (Lipinski definition) is 0. The van der Waals surface area contributed by atoms with Crippen LogP contribution in [-0.4, -0.2) is 70.0 Å². The van der Waals surface area contributed by atoms with E-state index in [-0.39, 0.29) is 32.0 Å². The number of unbranched alkanes of at least 4 members (excludes halogenated alkanes) is 43. The van der Waals surface area contributed by atoms with E-state index in [0.29, 0.717) is 17.4 Å². The predicted octanol–water partition coefficient (Wildman–Crippen LogP) is 19.0. The highest BCUT2D eigenvalue weighted by Gasteiger charge is 2.22. The molecule has 0 radical (unpaired) electrons. The Labute approximate surface area is 447 Å². The molecule has 0 saturated carbocycles. The first-order valence-corrected chi connectivity index (χ1v) is 32.9. The second kappa shape index (κ2) is 54.5. The van der Waals surface area contributed by atoms with Crippen LogP contribution in [0.1, 0.15) is 322 Å². The maximum Gasteiger partial charge on any atom is 0.306 e. The van der Waals surface area contributed by atoms with Crippen LogP contribution >= 0.6 is 7.82 Å². The molecule has 0 saturated heterocycles. The summed E-state index contributed by atoms with van der Waals surface area (Å²) in [6, 6.07) is 0. The van der Waals surface area contributed by atoms with Crippen molar-refractivity contribution in [3.05, 3.63) is 12.2 Å². The molecule has 9 nitrogen and oxygen atoms in total. The fourth-order valence-electron chi connectivity index (χ4n) is 9.42. The summed E-state index contributed by atoms with van der Waals surface area (Å²) in [6.07, 6.45) is 64.4. The summed E-state index contributed by atoms with van der Waals surface area (Å²) >= 11 is 0. The minimum absolute atomic E-state index is 0.0260. The van der Waals surface area contributed by atoms with Gasteiger partial charge in [-0.2, -0.15) is 0 Å². The minimum Gasteiger partial charge on any atom is -0.756 e. The van der Waals surface area contributed by atoms with Crippen molar-refractivity contribution in [3.63, 3.8) is 0 Å². The number of carbonyl (C=O) groups is 2. The first-order chi connectivity index (χ1) is 35.0. The van der Waals surface area contributed by atoms with Crippen LogP contribution in [0.15, 0.2) is 12.2 Å². The molecule has 0 aliphatic carbocycles. The summed E-state index contributed by atoms with van der Waals surface area (Å²) in [4.78, 5) is 37.8. The third-order valence-corrected chi connectivity index (χ3v) is 15.2. The molecule has 0 N–H and O–H groups in total. The number of phosphoric acid groups is 1. The molecule has 0 aliphatic heterocycles. The Bertz CT molecular complexity index is 1220. The van der Waals surface area contributed by atoms with Crippen molar-refractivity contribution in [1.82, 2.24) is 0 Å². The summed E-state index contributed by atoms with van der Waals surface area (Å²) in [5.74, 6) is -0.813. The zero-order chi connectivity index (χ0) is 52.7. The highest BCUT2D eigenvalue weighted by molar-refractivity contribution is 7.45. The maximum atomic E-state index is 12.8. The lowest BCUT2D eigenvalue weighted by Crippen LogP contribution is -2.37.